The van der Waals surface area contributed by atoms with Crippen LogP contribution >= 0.6 is 11.8 Å². The molecule has 1 aliphatic heterocycles. The molecular weight excluding hydrogens is 214 g/mol. The van der Waals surface area contributed by atoms with Gasteiger partial charge in [-0.15, -0.1) is 0 Å². The van der Waals surface area contributed by atoms with E-state index in [4.69, 9.17) is 0 Å². The van der Waals surface area contributed by atoms with Gasteiger partial charge in [0, 0.05) is 24.6 Å². The number of hydrogen-bond acceptors (Lipinski definition) is 2. The average Bonchev–Trinajstić information content (AvgIpc) is 2.34. The lowest BCUT2D eigenvalue weighted by atomic mass is 10.1. The monoisotopic (exact) mass is 243 g/mol. The third-order valence-corrected chi connectivity index (χ3v) is 4.37. The van der Waals surface area contributed by atoms with E-state index >= 15 is 0 Å². The van der Waals surface area contributed by atoms with Crippen molar-refractivity contribution in [3.05, 3.63) is 0 Å². The second kappa shape index (κ2) is 10.5. The van der Waals surface area contributed by atoms with Crippen LogP contribution in [0.5, 0.6) is 0 Å². The van der Waals surface area contributed by atoms with E-state index in [1.807, 2.05) is 0 Å². The van der Waals surface area contributed by atoms with Crippen molar-refractivity contribution in [2.75, 3.05) is 31.1 Å². The van der Waals surface area contributed by atoms with E-state index in [1.165, 1.54) is 82.5 Å². The molecule has 1 rings (SSSR count). The Kier molecular flexibility index (Phi) is 9.40. The van der Waals surface area contributed by atoms with Gasteiger partial charge in [0.05, 0.1) is 0 Å². The maximum atomic E-state index is 2.65. The van der Waals surface area contributed by atoms with E-state index in [0.717, 1.165) is 0 Å². The predicted molar refractivity (Wildman–Crippen MR) is 76.4 cm³/mol. The van der Waals surface area contributed by atoms with Crippen LogP contribution < -0.4 is 0 Å². The highest BCUT2D eigenvalue weighted by atomic mass is 32.2. The number of unbranched alkanes of at least 4 members (excludes halogenated alkanes) is 7. The molecule has 2 heteroatoms. The van der Waals surface area contributed by atoms with Crippen molar-refractivity contribution in [3.8, 4) is 0 Å². The van der Waals surface area contributed by atoms with E-state index in [2.05, 4.69) is 23.6 Å². The van der Waals surface area contributed by atoms with Crippen molar-refractivity contribution in [3.63, 3.8) is 0 Å². The van der Waals surface area contributed by atoms with Gasteiger partial charge in [-0.2, -0.15) is 11.8 Å². The van der Waals surface area contributed by atoms with Crippen molar-refractivity contribution < 1.29 is 0 Å². The van der Waals surface area contributed by atoms with Crippen LogP contribution in [-0.2, 0) is 0 Å². The first-order valence-corrected chi connectivity index (χ1v) is 8.39. The maximum Gasteiger partial charge on any atom is 0.00727 e. The summed E-state index contributed by atoms with van der Waals surface area (Å²) >= 11 is 2.11. The fourth-order valence-electron chi connectivity index (χ4n) is 2.29. The number of nitrogens with zero attached hydrogens (tertiary/aromatic N) is 1. The molecule has 0 aromatic rings. The molecule has 0 atom stereocenters. The van der Waals surface area contributed by atoms with Gasteiger partial charge >= 0.3 is 0 Å². The zero-order valence-electron chi connectivity index (χ0n) is 11.0. The highest BCUT2D eigenvalue weighted by Gasteiger charge is 2.08. The highest BCUT2D eigenvalue weighted by molar-refractivity contribution is 7.99. The fraction of sp³-hybridized carbons (Fsp3) is 1.00. The minimum Gasteiger partial charge on any atom is -0.302 e. The van der Waals surface area contributed by atoms with E-state index in [9.17, 15) is 0 Å². The minimum absolute atomic E-state index is 1.33. The Morgan fingerprint density at radius 1 is 0.812 bits per heavy atom. The van der Waals surface area contributed by atoms with Gasteiger partial charge in [0.15, 0.2) is 0 Å². The first kappa shape index (κ1) is 14.4. The van der Waals surface area contributed by atoms with Gasteiger partial charge in [-0.25, -0.2) is 0 Å². The Morgan fingerprint density at radius 2 is 1.38 bits per heavy atom. The highest BCUT2D eigenvalue weighted by Crippen LogP contribution is 2.12. The normalized spacial score (nSPS) is 17.8. The summed E-state index contributed by atoms with van der Waals surface area (Å²) in [6.45, 7) is 6.31. The molecule has 0 bridgehead atoms. The second-order valence-corrected chi connectivity index (χ2v) is 6.15. The van der Waals surface area contributed by atoms with Gasteiger partial charge in [0.2, 0.25) is 0 Å². The quantitative estimate of drug-likeness (QED) is 0.559. The number of hydrogen-bond donors (Lipinski definition) is 0. The van der Waals surface area contributed by atoms with Crippen LogP contribution in [0.3, 0.4) is 0 Å². The molecule has 0 N–H and O–H groups in total. The molecule has 0 radical (unpaired) electrons. The van der Waals surface area contributed by atoms with E-state index < -0.39 is 0 Å². The van der Waals surface area contributed by atoms with Gasteiger partial charge in [0.25, 0.3) is 0 Å². The Balaban J connectivity index is 1.77. The molecular formula is C14H29NS. The van der Waals surface area contributed by atoms with E-state index in [0.29, 0.717) is 0 Å². The molecule has 0 aliphatic carbocycles. The molecule has 0 spiro atoms. The number of rotatable bonds is 9. The van der Waals surface area contributed by atoms with Gasteiger partial charge in [-0.1, -0.05) is 51.9 Å². The molecule has 0 unspecified atom stereocenters. The zero-order valence-corrected chi connectivity index (χ0v) is 11.9. The molecule has 0 aromatic heterocycles. The molecule has 1 saturated heterocycles. The van der Waals surface area contributed by atoms with Gasteiger partial charge in [-0.3, -0.25) is 0 Å². The maximum absolute atomic E-state index is 2.65. The Labute approximate surface area is 106 Å². The van der Waals surface area contributed by atoms with E-state index in [1.54, 1.807) is 0 Å². The van der Waals surface area contributed by atoms with Crippen LogP contribution in [0, 0.1) is 0 Å². The molecule has 1 fully saturated rings. The second-order valence-electron chi connectivity index (χ2n) is 4.93. The third kappa shape index (κ3) is 7.56. The molecule has 0 saturated carbocycles. The van der Waals surface area contributed by atoms with Crippen LogP contribution in [-0.4, -0.2) is 36.0 Å². The van der Waals surface area contributed by atoms with Crippen molar-refractivity contribution >= 4 is 11.8 Å². The molecule has 0 amide bonds. The summed E-state index contributed by atoms with van der Waals surface area (Å²) in [4.78, 5) is 2.65. The summed E-state index contributed by atoms with van der Waals surface area (Å²) in [5.41, 5.74) is 0. The average molecular weight is 243 g/mol. The summed E-state index contributed by atoms with van der Waals surface area (Å²) in [6, 6.07) is 0. The minimum atomic E-state index is 1.33. The summed E-state index contributed by atoms with van der Waals surface area (Å²) in [5, 5.41) is 0. The van der Waals surface area contributed by atoms with Crippen LogP contribution in [0.25, 0.3) is 0 Å². The summed E-state index contributed by atoms with van der Waals surface area (Å²) < 4.78 is 0. The van der Waals surface area contributed by atoms with Crippen molar-refractivity contribution in [1.29, 1.82) is 0 Å². The van der Waals surface area contributed by atoms with Gasteiger partial charge in [0.1, 0.15) is 0 Å². The topological polar surface area (TPSA) is 3.24 Å². The Hall–Kier alpha value is 0.310. The summed E-state index contributed by atoms with van der Waals surface area (Å²) in [6.07, 6.45) is 11.5. The van der Waals surface area contributed by atoms with Crippen LogP contribution in [0.4, 0.5) is 0 Å². The number of thioether (sulfide) groups is 1. The standard InChI is InChI=1S/C14H29NS/c1-2-3-4-5-6-7-8-9-10-15-11-13-16-14-12-15/h2-14H2,1H3. The summed E-state index contributed by atoms with van der Waals surface area (Å²) in [7, 11) is 0. The lowest BCUT2D eigenvalue weighted by Gasteiger charge is -2.25. The largest absolute Gasteiger partial charge is 0.302 e. The van der Waals surface area contributed by atoms with E-state index in [-0.39, 0.29) is 0 Å². The Bertz CT molecular complexity index is 144. The summed E-state index contributed by atoms with van der Waals surface area (Å²) in [5.74, 6) is 2.72. The fourth-order valence-corrected chi connectivity index (χ4v) is 3.27. The molecule has 16 heavy (non-hydrogen) atoms. The van der Waals surface area contributed by atoms with Crippen molar-refractivity contribution in [2.45, 2.75) is 58.3 Å². The lowest BCUT2D eigenvalue weighted by molar-refractivity contribution is 0.294. The SMILES string of the molecule is CCCCCCCCCCN1CCSCC1. The van der Waals surface area contributed by atoms with Crippen molar-refractivity contribution in [2.24, 2.45) is 0 Å². The van der Waals surface area contributed by atoms with Crippen LogP contribution in [0.15, 0.2) is 0 Å². The first-order valence-electron chi connectivity index (χ1n) is 7.23. The predicted octanol–water partition coefficient (Wildman–Crippen LogP) is 4.18. The van der Waals surface area contributed by atoms with Gasteiger partial charge < -0.3 is 4.90 Å². The first-order chi connectivity index (χ1) is 7.93. The molecule has 0 aromatic carbocycles. The Morgan fingerprint density at radius 3 is 2.00 bits per heavy atom. The van der Waals surface area contributed by atoms with Crippen molar-refractivity contribution in [1.82, 2.24) is 4.90 Å². The zero-order chi connectivity index (χ0) is 11.5. The molecule has 96 valence electrons. The van der Waals surface area contributed by atoms with Crippen LogP contribution in [0.2, 0.25) is 0 Å². The van der Waals surface area contributed by atoms with Crippen LogP contribution in [0.1, 0.15) is 58.3 Å². The smallest absolute Gasteiger partial charge is 0.00727 e. The molecule has 1 nitrogen and oxygen atoms in total. The third-order valence-electron chi connectivity index (χ3n) is 3.43. The molecule has 1 aliphatic rings. The lowest BCUT2D eigenvalue weighted by Crippen LogP contribution is -2.33. The van der Waals surface area contributed by atoms with Gasteiger partial charge in [-0.05, 0) is 13.0 Å². The molecule has 1 heterocycles.